The van der Waals surface area contributed by atoms with Crippen LogP contribution in [-0.2, 0) is 14.4 Å². The number of aliphatic carboxylic acids is 1. The largest absolute Gasteiger partial charge is 0.481 e. The highest BCUT2D eigenvalue weighted by Gasteiger charge is 2.59. The lowest BCUT2D eigenvalue weighted by Crippen LogP contribution is -2.44. The maximum absolute atomic E-state index is 12.6. The quantitative estimate of drug-likeness (QED) is 0.807. The molecular weight excluding hydrogens is 270 g/mol. The van der Waals surface area contributed by atoms with Crippen molar-refractivity contribution in [2.75, 3.05) is 0 Å². The lowest BCUT2D eigenvalue weighted by molar-refractivity contribution is -0.146. The topological polar surface area (TPSA) is 74.7 Å². The van der Waals surface area contributed by atoms with E-state index in [0.29, 0.717) is 0 Å². The highest BCUT2D eigenvalue weighted by molar-refractivity contribution is 6.02. The molecule has 1 aliphatic carbocycles. The number of carboxylic acids is 1. The van der Waals surface area contributed by atoms with Gasteiger partial charge >= 0.3 is 5.97 Å². The number of carboxylic acid groups (broad SMARTS) is 1. The van der Waals surface area contributed by atoms with Crippen LogP contribution in [0.15, 0.2) is 11.6 Å². The average molecular weight is 293 g/mol. The first-order valence-corrected chi connectivity index (χ1v) is 7.46. The van der Waals surface area contributed by atoms with Gasteiger partial charge in [-0.1, -0.05) is 33.8 Å². The molecule has 1 saturated heterocycles. The molecule has 1 heterocycles. The molecule has 0 aromatic carbocycles. The third-order valence-corrected chi connectivity index (χ3v) is 4.73. The number of amides is 2. The highest BCUT2D eigenvalue weighted by atomic mass is 16.4. The van der Waals surface area contributed by atoms with E-state index in [-0.39, 0.29) is 29.6 Å². The van der Waals surface area contributed by atoms with Crippen molar-refractivity contribution in [2.24, 2.45) is 29.6 Å². The number of likely N-dealkylation sites (tertiary alicyclic amines) is 1. The Morgan fingerprint density at radius 2 is 1.81 bits per heavy atom. The van der Waals surface area contributed by atoms with Crippen LogP contribution in [0.25, 0.3) is 0 Å². The summed E-state index contributed by atoms with van der Waals surface area (Å²) in [5, 5.41) is 9.62. The van der Waals surface area contributed by atoms with Gasteiger partial charge in [0.15, 0.2) is 0 Å². The van der Waals surface area contributed by atoms with E-state index in [4.69, 9.17) is 0 Å². The van der Waals surface area contributed by atoms with Crippen LogP contribution in [0.4, 0.5) is 0 Å². The van der Waals surface area contributed by atoms with Crippen molar-refractivity contribution in [1.29, 1.82) is 0 Å². The summed E-state index contributed by atoms with van der Waals surface area (Å²) in [5.74, 6) is -3.00. The molecule has 5 nitrogen and oxygen atoms in total. The molecule has 2 rings (SSSR count). The second-order valence-electron chi connectivity index (χ2n) is 6.70. The summed E-state index contributed by atoms with van der Waals surface area (Å²) in [6.45, 7) is 9.26. The molecule has 0 aromatic rings. The summed E-state index contributed by atoms with van der Waals surface area (Å²) < 4.78 is 0. The molecule has 0 aromatic heterocycles. The lowest BCUT2D eigenvalue weighted by atomic mass is 9.68. The number of carbonyl (C=O) groups excluding carboxylic acids is 2. The van der Waals surface area contributed by atoms with Crippen LogP contribution >= 0.6 is 0 Å². The van der Waals surface area contributed by atoms with Crippen molar-refractivity contribution in [3.63, 3.8) is 0 Å². The molecule has 1 aliphatic heterocycles. The van der Waals surface area contributed by atoms with E-state index in [0.717, 1.165) is 5.57 Å². The Balaban J connectivity index is 2.63. The third-order valence-electron chi connectivity index (χ3n) is 4.73. The van der Waals surface area contributed by atoms with Gasteiger partial charge in [-0.05, 0) is 23.3 Å². The van der Waals surface area contributed by atoms with Crippen LogP contribution < -0.4 is 0 Å². The smallest absolute Gasteiger partial charge is 0.309 e. The zero-order valence-corrected chi connectivity index (χ0v) is 13.2. The molecular formula is C16H23NO4. The van der Waals surface area contributed by atoms with Crippen molar-refractivity contribution in [2.45, 2.75) is 40.7 Å². The van der Waals surface area contributed by atoms with Gasteiger partial charge in [0, 0.05) is 6.92 Å². The number of rotatable bonds is 3. The van der Waals surface area contributed by atoms with Gasteiger partial charge in [-0.2, -0.15) is 0 Å². The first kappa shape index (κ1) is 15.7. The van der Waals surface area contributed by atoms with Crippen LogP contribution in [0.1, 0.15) is 34.6 Å². The fraction of sp³-hybridized carbons (Fsp3) is 0.688. The average Bonchev–Trinajstić information content (AvgIpc) is 2.57. The van der Waals surface area contributed by atoms with Crippen molar-refractivity contribution in [3.8, 4) is 0 Å². The Bertz CT molecular complexity index is 520. The van der Waals surface area contributed by atoms with Crippen LogP contribution in [0, 0.1) is 29.6 Å². The number of nitrogens with zero attached hydrogens (tertiary/aromatic N) is 1. The van der Waals surface area contributed by atoms with Gasteiger partial charge < -0.3 is 5.11 Å². The molecule has 0 spiro atoms. The number of imide groups is 1. The minimum Gasteiger partial charge on any atom is -0.481 e. The minimum atomic E-state index is -0.987. The van der Waals surface area contributed by atoms with Crippen molar-refractivity contribution in [1.82, 2.24) is 4.90 Å². The third kappa shape index (κ3) is 2.28. The molecule has 0 radical (unpaired) electrons. The van der Waals surface area contributed by atoms with Gasteiger partial charge in [0.05, 0.1) is 17.9 Å². The van der Waals surface area contributed by atoms with Gasteiger partial charge in [-0.3, -0.25) is 19.3 Å². The Kier molecular flexibility index (Phi) is 3.95. The van der Waals surface area contributed by atoms with Crippen molar-refractivity contribution < 1.29 is 19.5 Å². The molecule has 21 heavy (non-hydrogen) atoms. The Morgan fingerprint density at radius 1 is 1.24 bits per heavy atom. The normalized spacial score (nSPS) is 31.9. The summed E-state index contributed by atoms with van der Waals surface area (Å²) in [6.07, 6.45) is 2.05. The number of hydrogen-bond acceptors (Lipinski definition) is 3. The summed E-state index contributed by atoms with van der Waals surface area (Å²) in [5.41, 5.74) is 0.901. The monoisotopic (exact) mass is 293 g/mol. The highest BCUT2D eigenvalue weighted by Crippen LogP contribution is 2.48. The van der Waals surface area contributed by atoms with E-state index in [9.17, 15) is 19.5 Å². The molecule has 0 saturated carbocycles. The molecule has 1 fully saturated rings. The Hall–Kier alpha value is -1.65. The van der Waals surface area contributed by atoms with E-state index >= 15 is 0 Å². The predicted octanol–water partition coefficient (Wildman–Crippen LogP) is 1.93. The Labute approximate surface area is 125 Å². The molecule has 5 heteroatoms. The molecule has 4 unspecified atom stereocenters. The first-order chi connectivity index (χ1) is 9.68. The van der Waals surface area contributed by atoms with E-state index in [2.05, 4.69) is 0 Å². The standard InChI is InChI=1S/C16H23NO4/c1-7(2)10-6-11(8(3)4)14-13(16(20)21)12(10)15(19)17(14)9(5)18/h6-8,10,12-14H,1-5H3,(H,20,21). The maximum atomic E-state index is 12.6. The van der Waals surface area contributed by atoms with Gasteiger partial charge in [-0.25, -0.2) is 0 Å². The fourth-order valence-corrected chi connectivity index (χ4v) is 3.77. The summed E-state index contributed by atoms with van der Waals surface area (Å²) in [4.78, 5) is 37.5. The SMILES string of the molecule is CC(=O)N1C(=O)C2C(C(C)C)C=C(C(C)C)C1C2C(=O)O. The molecule has 116 valence electrons. The predicted molar refractivity (Wildman–Crippen MR) is 77.2 cm³/mol. The van der Waals surface area contributed by atoms with Crippen molar-refractivity contribution >= 4 is 17.8 Å². The van der Waals surface area contributed by atoms with Gasteiger partial charge in [0.25, 0.3) is 0 Å². The lowest BCUT2D eigenvalue weighted by Gasteiger charge is -2.35. The van der Waals surface area contributed by atoms with Gasteiger partial charge in [0.1, 0.15) is 0 Å². The van der Waals surface area contributed by atoms with E-state index in [1.165, 1.54) is 11.8 Å². The second kappa shape index (κ2) is 5.28. The van der Waals surface area contributed by atoms with E-state index in [1.54, 1.807) is 0 Å². The first-order valence-electron chi connectivity index (χ1n) is 7.46. The molecule has 2 amide bonds. The molecule has 4 atom stereocenters. The van der Waals surface area contributed by atoms with Crippen LogP contribution in [0.5, 0.6) is 0 Å². The van der Waals surface area contributed by atoms with Gasteiger partial charge in [0.2, 0.25) is 11.8 Å². The van der Waals surface area contributed by atoms with Crippen LogP contribution in [-0.4, -0.2) is 33.8 Å². The van der Waals surface area contributed by atoms with Crippen molar-refractivity contribution in [3.05, 3.63) is 11.6 Å². The molecule has 2 bridgehead atoms. The number of hydrogen-bond donors (Lipinski definition) is 1. The summed E-state index contributed by atoms with van der Waals surface area (Å²) >= 11 is 0. The minimum absolute atomic E-state index is 0.104. The zero-order chi connectivity index (χ0) is 16.1. The molecule has 2 aliphatic rings. The number of carbonyl (C=O) groups is 3. The van der Waals surface area contributed by atoms with E-state index < -0.39 is 23.8 Å². The summed E-state index contributed by atoms with van der Waals surface area (Å²) in [7, 11) is 0. The van der Waals surface area contributed by atoms with E-state index in [1.807, 2.05) is 33.8 Å². The number of fused-ring (bicyclic) bond motifs is 2. The maximum Gasteiger partial charge on any atom is 0.309 e. The second-order valence-corrected chi connectivity index (χ2v) is 6.70. The summed E-state index contributed by atoms with van der Waals surface area (Å²) in [6, 6.07) is -0.618. The fourth-order valence-electron chi connectivity index (χ4n) is 3.77. The zero-order valence-electron chi connectivity index (χ0n) is 13.2. The number of allylic oxidation sites excluding steroid dienone is 1. The molecule has 1 N–H and O–H groups in total. The van der Waals surface area contributed by atoms with Crippen LogP contribution in [0.2, 0.25) is 0 Å². The van der Waals surface area contributed by atoms with Gasteiger partial charge in [-0.15, -0.1) is 0 Å². The Morgan fingerprint density at radius 3 is 2.19 bits per heavy atom. The van der Waals surface area contributed by atoms with Crippen LogP contribution in [0.3, 0.4) is 0 Å².